The predicted octanol–water partition coefficient (Wildman–Crippen LogP) is 0.452. The number of pyridine rings is 1. The van der Waals surface area contributed by atoms with Gasteiger partial charge in [-0.1, -0.05) is 0 Å². The quantitative estimate of drug-likeness (QED) is 0.844. The molecule has 7 heteroatoms. The Bertz CT molecular complexity index is 666. The first-order valence-electron chi connectivity index (χ1n) is 6.60. The number of hydrogen-bond acceptors (Lipinski definition) is 5. The van der Waals surface area contributed by atoms with Crippen molar-refractivity contribution in [2.45, 2.75) is 6.42 Å². The normalized spacial score (nSPS) is 18.9. The first-order valence-corrected chi connectivity index (χ1v) is 6.60. The maximum atomic E-state index is 11.5. The van der Waals surface area contributed by atoms with Crippen molar-refractivity contribution < 1.29 is 9.90 Å². The highest BCUT2D eigenvalue weighted by Gasteiger charge is 2.27. The van der Waals surface area contributed by atoms with E-state index >= 15 is 0 Å². The second kappa shape index (κ2) is 4.75. The Balaban J connectivity index is 2.15. The van der Waals surface area contributed by atoms with Crippen molar-refractivity contribution >= 4 is 22.7 Å². The van der Waals surface area contributed by atoms with E-state index in [-0.39, 0.29) is 5.56 Å². The Kier molecular flexibility index (Phi) is 3.06. The minimum atomic E-state index is -0.963. The van der Waals surface area contributed by atoms with Crippen LogP contribution >= 0.6 is 0 Å². The van der Waals surface area contributed by atoms with E-state index in [9.17, 15) is 9.90 Å². The van der Waals surface area contributed by atoms with Crippen molar-refractivity contribution in [1.29, 1.82) is 0 Å². The number of fused-ring (bicyclic) bond motifs is 1. The number of anilines is 1. The fourth-order valence-electron chi connectivity index (χ4n) is 2.81. The third kappa shape index (κ3) is 1.90. The van der Waals surface area contributed by atoms with Gasteiger partial charge in [-0.3, -0.25) is 4.68 Å². The topological polar surface area (TPSA) is 97.3 Å². The van der Waals surface area contributed by atoms with Crippen LogP contribution in [0.15, 0.2) is 12.4 Å². The van der Waals surface area contributed by atoms with Gasteiger partial charge in [0.2, 0.25) is 0 Å². The van der Waals surface area contributed by atoms with Crippen molar-refractivity contribution in [3.8, 4) is 0 Å². The van der Waals surface area contributed by atoms with Gasteiger partial charge >= 0.3 is 5.97 Å². The monoisotopic (exact) mass is 275 g/mol. The Morgan fingerprint density at radius 1 is 1.55 bits per heavy atom. The fraction of sp³-hybridized carbons (Fsp3) is 0.462. The Morgan fingerprint density at radius 3 is 3.00 bits per heavy atom. The molecule has 1 fully saturated rings. The minimum absolute atomic E-state index is 0.225. The number of aromatic carboxylic acids is 1. The molecule has 0 saturated carbocycles. The molecule has 2 aromatic heterocycles. The molecule has 106 valence electrons. The zero-order valence-electron chi connectivity index (χ0n) is 11.3. The second-order valence-corrected chi connectivity index (χ2v) is 5.17. The lowest BCUT2D eigenvalue weighted by atomic mass is 10.1. The Hall–Kier alpha value is -2.15. The molecule has 20 heavy (non-hydrogen) atoms. The van der Waals surface area contributed by atoms with E-state index in [1.165, 1.54) is 6.20 Å². The largest absolute Gasteiger partial charge is 0.478 e. The first kappa shape index (κ1) is 12.9. The zero-order chi connectivity index (χ0) is 14.3. The molecule has 0 amide bonds. The summed E-state index contributed by atoms with van der Waals surface area (Å²) in [4.78, 5) is 17.8. The summed E-state index contributed by atoms with van der Waals surface area (Å²) in [5.41, 5.74) is 7.35. The van der Waals surface area contributed by atoms with E-state index in [4.69, 9.17) is 5.73 Å². The van der Waals surface area contributed by atoms with E-state index in [2.05, 4.69) is 15.0 Å². The van der Waals surface area contributed by atoms with Gasteiger partial charge in [0.25, 0.3) is 0 Å². The van der Waals surface area contributed by atoms with Crippen molar-refractivity contribution in [2.24, 2.45) is 18.7 Å². The maximum absolute atomic E-state index is 11.5. The van der Waals surface area contributed by atoms with Gasteiger partial charge in [-0.15, -0.1) is 0 Å². The summed E-state index contributed by atoms with van der Waals surface area (Å²) in [7, 11) is 1.80. The predicted molar refractivity (Wildman–Crippen MR) is 74.8 cm³/mol. The molecule has 3 heterocycles. The maximum Gasteiger partial charge on any atom is 0.339 e. The van der Waals surface area contributed by atoms with Gasteiger partial charge in [0.05, 0.1) is 17.3 Å². The van der Waals surface area contributed by atoms with E-state index in [0.29, 0.717) is 23.8 Å². The van der Waals surface area contributed by atoms with Crippen molar-refractivity contribution in [3.63, 3.8) is 0 Å². The van der Waals surface area contributed by atoms with Gasteiger partial charge in [-0.25, -0.2) is 9.78 Å². The molecule has 1 aliphatic heterocycles. The summed E-state index contributed by atoms with van der Waals surface area (Å²) < 4.78 is 1.65. The van der Waals surface area contributed by atoms with Gasteiger partial charge in [-0.2, -0.15) is 5.10 Å². The smallest absolute Gasteiger partial charge is 0.339 e. The van der Waals surface area contributed by atoms with Crippen LogP contribution in [-0.2, 0) is 7.05 Å². The summed E-state index contributed by atoms with van der Waals surface area (Å²) in [5, 5.41) is 14.4. The number of carbonyl (C=O) groups is 1. The van der Waals surface area contributed by atoms with Crippen LogP contribution in [0.4, 0.5) is 5.69 Å². The Labute approximate surface area is 116 Å². The third-order valence-corrected chi connectivity index (χ3v) is 3.90. The molecule has 2 aromatic rings. The summed E-state index contributed by atoms with van der Waals surface area (Å²) in [6.07, 6.45) is 4.08. The molecule has 3 N–H and O–H groups in total. The highest BCUT2D eigenvalue weighted by Crippen LogP contribution is 2.33. The summed E-state index contributed by atoms with van der Waals surface area (Å²) >= 11 is 0. The average molecular weight is 275 g/mol. The van der Waals surface area contributed by atoms with Crippen LogP contribution < -0.4 is 10.6 Å². The van der Waals surface area contributed by atoms with Crippen LogP contribution in [0, 0.1) is 5.92 Å². The van der Waals surface area contributed by atoms with Gasteiger partial charge < -0.3 is 15.7 Å². The second-order valence-electron chi connectivity index (χ2n) is 5.17. The number of aromatic nitrogens is 3. The van der Waals surface area contributed by atoms with Crippen LogP contribution in [0.25, 0.3) is 11.0 Å². The zero-order valence-corrected chi connectivity index (χ0v) is 11.3. The van der Waals surface area contributed by atoms with E-state index in [1.54, 1.807) is 17.9 Å². The standard InChI is InChI=1S/C13H17N5O2/c1-17-12-9(6-16-17)11(10(5-15-12)13(19)20)18-3-2-8(4-14)7-18/h5-6,8H,2-4,7,14H2,1H3,(H,19,20). The molecule has 0 aromatic carbocycles. The van der Waals surface area contributed by atoms with Gasteiger partial charge in [-0.05, 0) is 18.9 Å². The van der Waals surface area contributed by atoms with Crippen LogP contribution in [0.1, 0.15) is 16.8 Å². The first-order chi connectivity index (χ1) is 9.61. The van der Waals surface area contributed by atoms with Crippen LogP contribution in [0.5, 0.6) is 0 Å². The van der Waals surface area contributed by atoms with Crippen LogP contribution in [0.2, 0.25) is 0 Å². The van der Waals surface area contributed by atoms with Gasteiger partial charge in [0, 0.05) is 26.3 Å². The molecule has 0 aliphatic carbocycles. The molecule has 7 nitrogen and oxygen atoms in total. The number of carboxylic acids is 1. The molecule has 3 rings (SSSR count). The summed E-state index contributed by atoms with van der Waals surface area (Å²) in [5.74, 6) is -0.550. The molecular weight excluding hydrogens is 258 g/mol. The van der Waals surface area contributed by atoms with E-state index < -0.39 is 5.97 Å². The molecule has 0 bridgehead atoms. The molecule has 1 saturated heterocycles. The van der Waals surface area contributed by atoms with Crippen molar-refractivity contribution in [3.05, 3.63) is 18.0 Å². The van der Waals surface area contributed by atoms with Crippen molar-refractivity contribution in [1.82, 2.24) is 14.8 Å². The number of nitrogens with zero attached hydrogens (tertiary/aromatic N) is 4. The van der Waals surface area contributed by atoms with E-state index in [0.717, 1.165) is 24.9 Å². The highest BCUT2D eigenvalue weighted by atomic mass is 16.4. The summed E-state index contributed by atoms with van der Waals surface area (Å²) in [6, 6.07) is 0. The lowest BCUT2D eigenvalue weighted by Gasteiger charge is -2.21. The molecule has 1 unspecified atom stereocenters. The number of rotatable bonds is 3. The van der Waals surface area contributed by atoms with E-state index in [1.807, 2.05) is 0 Å². The molecule has 0 spiro atoms. The number of hydrogen-bond donors (Lipinski definition) is 2. The minimum Gasteiger partial charge on any atom is -0.478 e. The highest BCUT2D eigenvalue weighted by molar-refractivity contribution is 6.03. The molecule has 0 radical (unpaired) electrons. The SMILES string of the molecule is Cn1ncc2c(N3CCC(CN)C3)c(C(=O)O)cnc21. The lowest BCUT2D eigenvalue weighted by molar-refractivity contribution is 0.0697. The third-order valence-electron chi connectivity index (χ3n) is 3.90. The van der Waals surface area contributed by atoms with Crippen LogP contribution in [-0.4, -0.2) is 45.5 Å². The molecule has 1 aliphatic rings. The Morgan fingerprint density at radius 2 is 2.35 bits per heavy atom. The van der Waals surface area contributed by atoms with Gasteiger partial charge in [0.15, 0.2) is 5.65 Å². The summed E-state index contributed by atoms with van der Waals surface area (Å²) in [6.45, 7) is 2.22. The molecular formula is C13H17N5O2. The number of nitrogens with two attached hydrogens (primary N) is 1. The average Bonchev–Trinajstić information content (AvgIpc) is 3.05. The van der Waals surface area contributed by atoms with Crippen LogP contribution in [0.3, 0.4) is 0 Å². The lowest BCUT2D eigenvalue weighted by Crippen LogP contribution is -2.24. The van der Waals surface area contributed by atoms with Gasteiger partial charge in [0.1, 0.15) is 5.56 Å². The number of aryl methyl sites for hydroxylation is 1. The molecule has 1 atom stereocenters. The van der Waals surface area contributed by atoms with Crippen molar-refractivity contribution in [2.75, 3.05) is 24.5 Å². The fourth-order valence-corrected chi connectivity index (χ4v) is 2.81. The number of carboxylic acid groups (broad SMARTS) is 1.